The van der Waals surface area contributed by atoms with Crippen LogP contribution in [-0.2, 0) is 20.3 Å². The van der Waals surface area contributed by atoms with Gasteiger partial charge in [0.2, 0.25) is 0 Å². The molecule has 0 radical (unpaired) electrons. The lowest BCUT2D eigenvalue weighted by Crippen LogP contribution is -2.26. The van der Waals surface area contributed by atoms with Gasteiger partial charge < -0.3 is 9.84 Å². The predicted molar refractivity (Wildman–Crippen MR) is 51.2 cm³/mol. The Kier molecular flexibility index (Phi) is 6.80. The maximum atomic E-state index is 11.4. The standard InChI is InChI=1S/C8H16O4S/c1-3-7(8(9)10)13(11)6-4-5-12-2/h7H,3-6H2,1-2H3,(H,9,10). The van der Waals surface area contributed by atoms with E-state index in [-0.39, 0.29) is 0 Å². The molecule has 0 fully saturated rings. The second-order valence-corrected chi connectivity index (χ2v) is 4.41. The van der Waals surface area contributed by atoms with Gasteiger partial charge in [0.25, 0.3) is 0 Å². The van der Waals surface area contributed by atoms with Gasteiger partial charge in [-0.3, -0.25) is 9.00 Å². The number of hydrogen-bond donors (Lipinski definition) is 1. The van der Waals surface area contributed by atoms with Crippen LogP contribution < -0.4 is 0 Å². The molecule has 0 aromatic carbocycles. The molecule has 5 heteroatoms. The van der Waals surface area contributed by atoms with E-state index < -0.39 is 22.0 Å². The molecule has 78 valence electrons. The minimum Gasteiger partial charge on any atom is -0.480 e. The van der Waals surface area contributed by atoms with E-state index in [1.165, 1.54) is 0 Å². The third-order valence-corrected chi connectivity index (χ3v) is 3.52. The van der Waals surface area contributed by atoms with Gasteiger partial charge >= 0.3 is 5.97 Å². The summed E-state index contributed by atoms with van der Waals surface area (Å²) in [6.07, 6.45) is 1.06. The van der Waals surface area contributed by atoms with Gasteiger partial charge in [-0.1, -0.05) is 6.92 Å². The van der Waals surface area contributed by atoms with Gasteiger partial charge in [-0.2, -0.15) is 0 Å². The fourth-order valence-corrected chi connectivity index (χ4v) is 2.24. The van der Waals surface area contributed by atoms with Crippen molar-refractivity contribution in [1.82, 2.24) is 0 Å². The topological polar surface area (TPSA) is 63.6 Å². The van der Waals surface area contributed by atoms with E-state index in [1.54, 1.807) is 14.0 Å². The van der Waals surface area contributed by atoms with Crippen LogP contribution >= 0.6 is 0 Å². The summed E-state index contributed by atoms with van der Waals surface area (Å²) in [5, 5.41) is 7.95. The molecule has 0 saturated carbocycles. The number of rotatable bonds is 7. The third-order valence-electron chi connectivity index (χ3n) is 1.66. The predicted octanol–water partition coefficient (Wildman–Crippen LogP) is 0.635. The Bertz CT molecular complexity index is 181. The van der Waals surface area contributed by atoms with Crippen LogP contribution in [0.15, 0.2) is 0 Å². The summed E-state index contributed by atoms with van der Waals surface area (Å²) in [4.78, 5) is 10.6. The van der Waals surface area contributed by atoms with Gasteiger partial charge in [-0.25, -0.2) is 0 Å². The molecule has 1 N–H and O–H groups in total. The van der Waals surface area contributed by atoms with Gasteiger partial charge in [0.15, 0.2) is 0 Å². The molecule has 0 aliphatic carbocycles. The van der Waals surface area contributed by atoms with E-state index >= 15 is 0 Å². The zero-order valence-electron chi connectivity index (χ0n) is 7.99. The Balaban J connectivity index is 3.85. The van der Waals surface area contributed by atoms with Crippen molar-refractivity contribution in [1.29, 1.82) is 0 Å². The lowest BCUT2D eigenvalue weighted by molar-refractivity contribution is -0.136. The first kappa shape index (κ1) is 12.6. The van der Waals surface area contributed by atoms with Crippen molar-refractivity contribution >= 4 is 16.8 Å². The Hall–Kier alpha value is -0.420. The molecule has 2 unspecified atom stereocenters. The number of carboxylic acid groups (broad SMARTS) is 1. The summed E-state index contributed by atoms with van der Waals surface area (Å²) in [5.74, 6) is -0.572. The summed E-state index contributed by atoms with van der Waals surface area (Å²) >= 11 is 0. The first-order valence-electron chi connectivity index (χ1n) is 4.22. The highest BCUT2D eigenvalue weighted by Crippen LogP contribution is 2.03. The van der Waals surface area contributed by atoms with Crippen LogP contribution in [0, 0.1) is 0 Å². The zero-order valence-corrected chi connectivity index (χ0v) is 8.80. The minimum absolute atomic E-state index is 0.401. The first-order chi connectivity index (χ1) is 6.13. The molecule has 0 aromatic rings. The van der Waals surface area contributed by atoms with Crippen LogP contribution in [0.2, 0.25) is 0 Å². The van der Waals surface area contributed by atoms with Gasteiger partial charge in [-0.15, -0.1) is 0 Å². The fraction of sp³-hybridized carbons (Fsp3) is 0.875. The summed E-state index contributed by atoms with van der Waals surface area (Å²) in [6.45, 7) is 2.26. The van der Waals surface area contributed by atoms with E-state index in [0.717, 1.165) is 0 Å². The van der Waals surface area contributed by atoms with Crippen LogP contribution in [0.5, 0.6) is 0 Å². The van der Waals surface area contributed by atoms with Crippen molar-refractivity contribution in [2.24, 2.45) is 0 Å². The Morgan fingerprint density at radius 3 is 2.62 bits per heavy atom. The third kappa shape index (κ3) is 5.00. The van der Waals surface area contributed by atoms with Gasteiger partial charge in [0.05, 0.1) is 0 Å². The SMILES string of the molecule is CCC(C(=O)O)S(=O)CCCOC. The Morgan fingerprint density at radius 1 is 1.62 bits per heavy atom. The molecular formula is C8H16O4S. The largest absolute Gasteiger partial charge is 0.480 e. The minimum atomic E-state index is -1.27. The van der Waals surface area contributed by atoms with Crippen molar-refractivity contribution in [3.05, 3.63) is 0 Å². The highest BCUT2D eigenvalue weighted by atomic mass is 32.2. The number of carbonyl (C=O) groups is 1. The van der Waals surface area contributed by atoms with Crippen LogP contribution in [0.25, 0.3) is 0 Å². The average Bonchev–Trinajstić information content (AvgIpc) is 2.05. The molecule has 4 nitrogen and oxygen atoms in total. The summed E-state index contributed by atoms with van der Waals surface area (Å²) < 4.78 is 16.1. The number of aliphatic carboxylic acids is 1. The first-order valence-corrected chi connectivity index (χ1v) is 5.60. The number of methoxy groups -OCH3 is 1. The molecule has 2 atom stereocenters. The van der Waals surface area contributed by atoms with Crippen molar-refractivity contribution in [3.63, 3.8) is 0 Å². The maximum absolute atomic E-state index is 11.4. The van der Waals surface area contributed by atoms with Crippen LogP contribution in [-0.4, -0.2) is 40.0 Å². The van der Waals surface area contributed by atoms with Crippen LogP contribution in [0.4, 0.5) is 0 Å². The van der Waals surface area contributed by atoms with E-state index in [9.17, 15) is 9.00 Å². The molecular weight excluding hydrogens is 192 g/mol. The zero-order chi connectivity index (χ0) is 10.3. The lowest BCUT2D eigenvalue weighted by Gasteiger charge is -2.08. The Labute approximate surface area is 80.7 Å². The number of ether oxygens (including phenoxy) is 1. The van der Waals surface area contributed by atoms with E-state index in [1.807, 2.05) is 0 Å². The fourth-order valence-electron chi connectivity index (χ4n) is 0.961. The van der Waals surface area contributed by atoms with Gasteiger partial charge in [0.1, 0.15) is 5.25 Å². The molecule has 0 spiro atoms. The number of hydrogen-bond acceptors (Lipinski definition) is 3. The second-order valence-electron chi connectivity index (χ2n) is 2.67. The summed E-state index contributed by atoms with van der Waals surface area (Å²) in [7, 11) is 0.298. The van der Waals surface area contributed by atoms with Crippen molar-refractivity contribution in [2.75, 3.05) is 19.5 Å². The van der Waals surface area contributed by atoms with E-state index in [4.69, 9.17) is 9.84 Å². The summed E-state index contributed by atoms with van der Waals surface area (Å²) in [5.41, 5.74) is 0. The van der Waals surface area contributed by atoms with Gasteiger partial charge in [-0.05, 0) is 12.8 Å². The molecule has 13 heavy (non-hydrogen) atoms. The quantitative estimate of drug-likeness (QED) is 0.623. The lowest BCUT2D eigenvalue weighted by atomic mass is 10.3. The second kappa shape index (κ2) is 7.03. The molecule has 0 saturated heterocycles. The van der Waals surface area contributed by atoms with Gasteiger partial charge in [0, 0.05) is 30.3 Å². The molecule has 0 aliphatic rings. The van der Waals surface area contributed by atoms with Crippen LogP contribution in [0.1, 0.15) is 19.8 Å². The maximum Gasteiger partial charge on any atom is 0.319 e. The molecule has 0 aromatic heterocycles. The molecule has 0 rings (SSSR count). The average molecular weight is 208 g/mol. The monoisotopic (exact) mass is 208 g/mol. The molecule has 0 bridgehead atoms. The van der Waals surface area contributed by atoms with E-state index in [2.05, 4.69) is 0 Å². The Morgan fingerprint density at radius 2 is 2.23 bits per heavy atom. The van der Waals surface area contributed by atoms with Crippen LogP contribution in [0.3, 0.4) is 0 Å². The number of carboxylic acids is 1. The van der Waals surface area contributed by atoms with Crippen molar-refractivity contribution < 1.29 is 18.8 Å². The van der Waals surface area contributed by atoms with Crippen molar-refractivity contribution in [3.8, 4) is 0 Å². The smallest absolute Gasteiger partial charge is 0.319 e. The normalized spacial score (nSPS) is 15.2. The molecule has 0 heterocycles. The van der Waals surface area contributed by atoms with E-state index in [0.29, 0.717) is 25.2 Å². The molecule has 0 aliphatic heterocycles. The van der Waals surface area contributed by atoms with Crippen molar-refractivity contribution in [2.45, 2.75) is 25.0 Å². The summed E-state index contributed by atoms with van der Waals surface area (Å²) in [6, 6.07) is 0. The highest BCUT2D eigenvalue weighted by Gasteiger charge is 2.21. The molecule has 0 amide bonds. The highest BCUT2D eigenvalue weighted by molar-refractivity contribution is 7.86.